The molecule has 20 heavy (non-hydrogen) atoms. The standard InChI is InChI=1S/C15H17F2NO2/c16-10-3-4-12(13(17)7-10)15(5-1-2-6-15)14(20)18-8-11(19)9-18/h3-4,7,11,19H,1-2,5-6,8-9H2. The molecule has 108 valence electrons. The van der Waals surface area contributed by atoms with Crippen LogP contribution in [0.3, 0.4) is 0 Å². The number of hydrogen-bond donors (Lipinski definition) is 1. The lowest BCUT2D eigenvalue weighted by atomic mass is 9.76. The van der Waals surface area contributed by atoms with Crippen LogP contribution in [0.5, 0.6) is 0 Å². The number of β-amino-alcohol motifs (C(OH)–C–C–N with tert-alkyl or cyclic N) is 1. The lowest BCUT2D eigenvalue weighted by Crippen LogP contribution is -2.58. The molecule has 0 atom stereocenters. The molecule has 0 bridgehead atoms. The van der Waals surface area contributed by atoms with Crippen molar-refractivity contribution in [1.29, 1.82) is 0 Å². The van der Waals surface area contributed by atoms with E-state index in [0.717, 1.165) is 18.9 Å². The number of likely N-dealkylation sites (tertiary alicyclic amines) is 1. The van der Waals surface area contributed by atoms with Crippen molar-refractivity contribution >= 4 is 5.91 Å². The van der Waals surface area contributed by atoms with Crippen molar-refractivity contribution in [3.05, 3.63) is 35.4 Å². The van der Waals surface area contributed by atoms with Crippen molar-refractivity contribution in [2.75, 3.05) is 13.1 Å². The van der Waals surface area contributed by atoms with E-state index in [1.165, 1.54) is 12.1 Å². The van der Waals surface area contributed by atoms with Crippen molar-refractivity contribution < 1.29 is 18.7 Å². The van der Waals surface area contributed by atoms with Crippen LogP contribution in [0.2, 0.25) is 0 Å². The Balaban J connectivity index is 1.97. The van der Waals surface area contributed by atoms with Crippen molar-refractivity contribution in [3.8, 4) is 0 Å². The molecule has 1 aliphatic carbocycles. The van der Waals surface area contributed by atoms with Crippen LogP contribution in [0.1, 0.15) is 31.2 Å². The van der Waals surface area contributed by atoms with E-state index in [1.807, 2.05) is 0 Å². The number of amides is 1. The van der Waals surface area contributed by atoms with Crippen LogP contribution >= 0.6 is 0 Å². The number of hydrogen-bond acceptors (Lipinski definition) is 2. The van der Waals surface area contributed by atoms with Crippen LogP contribution in [-0.4, -0.2) is 35.1 Å². The molecule has 1 aliphatic heterocycles. The summed E-state index contributed by atoms with van der Waals surface area (Å²) in [6.07, 6.45) is 2.41. The molecule has 3 rings (SSSR count). The Kier molecular flexibility index (Phi) is 3.24. The van der Waals surface area contributed by atoms with Crippen molar-refractivity contribution in [3.63, 3.8) is 0 Å². The molecular weight excluding hydrogens is 264 g/mol. The predicted molar refractivity (Wildman–Crippen MR) is 69.1 cm³/mol. The summed E-state index contributed by atoms with van der Waals surface area (Å²) in [5, 5.41) is 9.34. The minimum Gasteiger partial charge on any atom is -0.389 e. The highest BCUT2D eigenvalue weighted by atomic mass is 19.1. The Bertz CT molecular complexity index is 535. The predicted octanol–water partition coefficient (Wildman–Crippen LogP) is 1.98. The molecule has 1 N–H and O–H groups in total. The number of carbonyl (C=O) groups is 1. The van der Waals surface area contributed by atoms with Gasteiger partial charge >= 0.3 is 0 Å². The number of benzene rings is 1. The van der Waals surface area contributed by atoms with E-state index in [9.17, 15) is 18.7 Å². The molecule has 5 heteroatoms. The fraction of sp³-hybridized carbons (Fsp3) is 0.533. The largest absolute Gasteiger partial charge is 0.389 e. The Morgan fingerprint density at radius 2 is 1.90 bits per heavy atom. The van der Waals surface area contributed by atoms with Gasteiger partial charge in [0.25, 0.3) is 0 Å². The summed E-state index contributed by atoms with van der Waals surface area (Å²) in [7, 11) is 0. The van der Waals surface area contributed by atoms with Gasteiger partial charge in [0.15, 0.2) is 0 Å². The Morgan fingerprint density at radius 1 is 1.25 bits per heavy atom. The normalized spacial score (nSPS) is 21.9. The second-order valence-corrected chi connectivity index (χ2v) is 5.78. The first-order valence-electron chi connectivity index (χ1n) is 6.96. The molecule has 1 saturated heterocycles. The molecule has 0 aromatic heterocycles. The van der Waals surface area contributed by atoms with Crippen LogP contribution in [-0.2, 0) is 10.2 Å². The third-order valence-electron chi connectivity index (χ3n) is 4.46. The van der Waals surface area contributed by atoms with Crippen LogP contribution in [0, 0.1) is 11.6 Å². The SMILES string of the molecule is O=C(N1CC(O)C1)C1(c2ccc(F)cc2F)CCCC1. The molecule has 0 radical (unpaired) electrons. The van der Waals surface area contributed by atoms with Gasteiger partial charge in [0.1, 0.15) is 11.6 Å². The van der Waals surface area contributed by atoms with E-state index in [-0.39, 0.29) is 5.91 Å². The van der Waals surface area contributed by atoms with E-state index in [0.29, 0.717) is 31.5 Å². The maximum absolute atomic E-state index is 14.1. The lowest BCUT2D eigenvalue weighted by molar-refractivity contribution is -0.147. The highest BCUT2D eigenvalue weighted by Crippen LogP contribution is 2.44. The molecule has 1 heterocycles. The summed E-state index contributed by atoms with van der Waals surface area (Å²) in [6.45, 7) is 0.618. The molecular formula is C15H17F2NO2. The maximum atomic E-state index is 14.1. The number of rotatable bonds is 2. The van der Waals surface area contributed by atoms with Gasteiger partial charge in [0.05, 0.1) is 11.5 Å². The van der Waals surface area contributed by atoms with E-state index in [1.54, 1.807) is 4.90 Å². The quantitative estimate of drug-likeness (QED) is 0.900. The number of aliphatic hydroxyl groups is 1. The minimum absolute atomic E-state index is 0.134. The third-order valence-corrected chi connectivity index (χ3v) is 4.46. The summed E-state index contributed by atoms with van der Waals surface area (Å²) in [5.41, 5.74) is -0.583. The summed E-state index contributed by atoms with van der Waals surface area (Å²) in [5.74, 6) is -1.42. The summed E-state index contributed by atoms with van der Waals surface area (Å²) in [4.78, 5) is 14.3. The van der Waals surface area contributed by atoms with Gasteiger partial charge in [-0.15, -0.1) is 0 Å². The summed E-state index contributed by atoms with van der Waals surface area (Å²) < 4.78 is 27.2. The minimum atomic E-state index is -0.877. The molecule has 1 saturated carbocycles. The zero-order valence-corrected chi connectivity index (χ0v) is 11.1. The second-order valence-electron chi connectivity index (χ2n) is 5.78. The molecule has 0 spiro atoms. The molecule has 1 aromatic carbocycles. The van der Waals surface area contributed by atoms with Gasteiger partial charge in [-0.1, -0.05) is 18.9 Å². The highest BCUT2D eigenvalue weighted by Gasteiger charge is 2.48. The number of nitrogens with zero attached hydrogens (tertiary/aromatic N) is 1. The first kappa shape index (κ1) is 13.5. The van der Waals surface area contributed by atoms with Gasteiger partial charge in [-0.05, 0) is 18.9 Å². The molecule has 3 nitrogen and oxygen atoms in total. The second kappa shape index (κ2) is 4.81. The average molecular weight is 281 g/mol. The van der Waals surface area contributed by atoms with Gasteiger partial charge in [0.2, 0.25) is 5.91 Å². The van der Waals surface area contributed by atoms with Crippen molar-refractivity contribution in [2.45, 2.75) is 37.2 Å². The Labute approximate surface area is 116 Å². The fourth-order valence-corrected chi connectivity index (χ4v) is 3.38. The smallest absolute Gasteiger partial charge is 0.233 e. The Morgan fingerprint density at radius 3 is 2.45 bits per heavy atom. The molecule has 2 fully saturated rings. The van der Waals surface area contributed by atoms with E-state index in [2.05, 4.69) is 0 Å². The Hall–Kier alpha value is -1.49. The first-order valence-corrected chi connectivity index (χ1v) is 6.96. The lowest BCUT2D eigenvalue weighted by Gasteiger charge is -2.42. The fourth-order valence-electron chi connectivity index (χ4n) is 3.38. The molecule has 1 amide bonds. The van der Waals surface area contributed by atoms with Crippen molar-refractivity contribution in [2.24, 2.45) is 0 Å². The maximum Gasteiger partial charge on any atom is 0.233 e. The van der Waals surface area contributed by atoms with Gasteiger partial charge in [0, 0.05) is 24.7 Å². The third kappa shape index (κ3) is 2.00. The van der Waals surface area contributed by atoms with Gasteiger partial charge in [-0.25, -0.2) is 8.78 Å². The van der Waals surface area contributed by atoms with Crippen molar-refractivity contribution in [1.82, 2.24) is 4.90 Å². The van der Waals surface area contributed by atoms with E-state index < -0.39 is 23.2 Å². The van der Waals surface area contributed by atoms with E-state index >= 15 is 0 Å². The van der Waals surface area contributed by atoms with Gasteiger partial charge in [-0.3, -0.25) is 4.79 Å². The van der Waals surface area contributed by atoms with Crippen LogP contribution < -0.4 is 0 Å². The number of halogens is 2. The molecule has 1 aromatic rings. The first-order chi connectivity index (χ1) is 9.53. The van der Waals surface area contributed by atoms with E-state index in [4.69, 9.17) is 0 Å². The van der Waals surface area contributed by atoms with Crippen LogP contribution in [0.15, 0.2) is 18.2 Å². The van der Waals surface area contributed by atoms with Crippen LogP contribution in [0.25, 0.3) is 0 Å². The average Bonchev–Trinajstić information content (AvgIpc) is 2.84. The monoisotopic (exact) mass is 281 g/mol. The van der Waals surface area contributed by atoms with Crippen LogP contribution in [0.4, 0.5) is 8.78 Å². The zero-order chi connectivity index (χ0) is 14.3. The number of aliphatic hydroxyl groups excluding tert-OH is 1. The summed E-state index contributed by atoms with van der Waals surface area (Å²) >= 11 is 0. The zero-order valence-electron chi connectivity index (χ0n) is 11.1. The molecule has 0 unspecified atom stereocenters. The topological polar surface area (TPSA) is 40.5 Å². The summed E-state index contributed by atoms with van der Waals surface area (Å²) in [6, 6.07) is 3.44. The highest BCUT2D eigenvalue weighted by molar-refractivity contribution is 5.89. The number of carbonyl (C=O) groups excluding carboxylic acids is 1. The van der Waals surface area contributed by atoms with Gasteiger partial charge < -0.3 is 10.0 Å². The molecule has 2 aliphatic rings. The van der Waals surface area contributed by atoms with Gasteiger partial charge in [-0.2, -0.15) is 0 Å².